The van der Waals surface area contributed by atoms with Crippen molar-refractivity contribution in [3.05, 3.63) is 0 Å². The first kappa shape index (κ1) is 15.9. The molecular formula is H5MnO5PSi. The molecular weight excluding hydrogens is 194 g/mol. The Morgan fingerprint density at radius 2 is 1.12 bits per heavy atom. The molecule has 1 radical (unpaired) electrons. The quantitative estimate of drug-likeness (QED) is 0.311. The Kier molecular flexibility index (Phi) is 15.2. The standard InChI is InChI=1S/Mn.H3O4P.H2OSi/c;1-5(2,3)4;1-2/h;(H3,1,2,3,4);2H2. The minimum absolute atomic E-state index is 0. The molecule has 0 aromatic heterocycles. The summed E-state index contributed by atoms with van der Waals surface area (Å²) in [5.74, 6) is 0. The van der Waals surface area contributed by atoms with Crippen LogP contribution in [0, 0.1) is 0 Å². The zero-order valence-corrected chi connectivity index (χ0v) is 7.18. The van der Waals surface area contributed by atoms with Crippen molar-refractivity contribution in [3.8, 4) is 0 Å². The Balaban J connectivity index is -0.0000000750. The number of phosphoric acid groups is 1. The number of hydrogen-bond acceptors (Lipinski definition) is 2. The van der Waals surface area contributed by atoms with Gasteiger partial charge in [0.05, 0.1) is 0 Å². The minimum Gasteiger partial charge on any atom is -0.396 e. The minimum atomic E-state index is -4.64. The first-order valence-electron chi connectivity index (χ1n) is 1.07. The number of rotatable bonds is 0. The molecule has 3 N–H and O–H groups in total. The van der Waals surface area contributed by atoms with Gasteiger partial charge in [-0.2, -0.15) is 0 Å². The van der Waals surface area contributed by atoms with Crippen molar-refractivity contribution in [3.63, 3.8) is 0 Å². The van der Waals surface area contributed by atoms with Gasteiger partial charge in [0.1, 0.15) is 0 Å². The molecule has 0 aliphatic heterocycles. The molecule has 0 aromatic rings. The molecule has 51 valence electrons. The van der Waals surface area contributed by atoms with E-state index in [1.165, 1.54) is 0 Å². The molecule has 5 nitrogen and oxygen atoms in total. The van der Waals surface area contributed by atoms with Crippen LogP contribution in [-0.2, 0) is 26.1 Å². The van der Waals surface area contributed by atoms with Gasteiger partial charge in [0, 0.05) is 17.1 Å². The third-order valence-electron chi connectivity index (χ3n) is 0. The maximum absolute atomic E-state index is 8.88. The fourth-order valence-electron chi connectivity index (χ4n) is 0. The first-order valence-corrected chi connectivity index (χ1v) is 3.21. The Morgan fingerprint density at radius 1 is 1.12 bits per heavy atom. The molecule has 0 aliphatic carbocycles. The SMILES string of the molecule is O=P(O)(O)O.O=[SiH2].[Mn]. The van der Waals surface area contributed by atoms with Crippen molar-refractivity contribution >= 4 is 18.0 Å². The van der Waals surface area contributed by atoms with Crippen molar-refractivity contribution in [2.45, 2.75) is 0 Å². The molecule has 0 aromatic carbocycles. The van der Waals surface area contributed by atoms with E-state index in [1.54, 1.807) is 0 Å². The summed E-state index contributed by atoms with van der Waals surface area (Å²) in [4.78, 5) is 21.6. The van der Waals surface area contributed by atoms with Gasteiger partial charge in [-0.25, -0.2) is 4.57 Å². The topological polar surface area (TPSA) is 94.8 Å². The van der Waals surface area contributed by atoms with Gasteiger partial charge in [0.15, 0.2) is 0 Å². The van der Waals surface area contributed by atoms with E-state index in [1.807, 2.05) is 0 Å². The van der Waals surface area contributed by atoms with Crippen LogP contribution < -0.4 is 0 Å². The maximum atomic E-state index is 8.88. The fraction of sp³-hybridized carbons (Fsp3) is 0. The van der Waals surface area contributed by atoms with Gasteiger partial charge in [-0.1, -0.05) is 0 Å². The van der Waals surface area contributed by atoms with Gasteiger partial charge in [-0.3, -0.25) is 0 Å². The van der Waals surface area contributed by atoms with E-state index in [4.69, 9.17) is 23.7 Å². The van der Waals surface area contributed by atoms with Crippen molar-refractivity contribution in [2.24, 2.45) is 0 Å². The summed E-state index contributed by atoms with van der Waals surface area (Å²) in [6.45, 7) is 0. The van der Waals surface area contributed by atoms with Crippen LogP contribution in [0.3, 0.4) is 0 Å². The largest absolute Gasteiger partial charge is 0.466 e. The monoisotopic (exact) mass is 199 g/mol. The van der Waals surface area contributed by atoms with E-state index < -0.39 is 7.82 Å². The normalized spacial score (nSPS) is 7.88. The van der Waals surface area contributed by atoms with E-state index in [9.17, 15) is 0 Å². The Morgan fingerprint density at radius 3 is 1.12 bits per heavy atom. The Labute approximate surface area is 59.3 Å². The molecule has 0 aliphatic rings. The van der Waals surface area contributed by atoms with Crippen LogP contribution in [0.5, 0.6) is 0 Å². The van der Waals surface area contributed by atoms with E-state index in [0.29, 0.717) is 10.1 Å². The predicted molar refractivity (Wildman–Crippen MR) is 23.5 cm³/mol. The summed E-state index contributed by atoms with van der Waals surface area (Å²) in [7, 11) is -4.03. The Hall–Kier alpha value is 0.646. The molecule has 8 heteroatoms. The molecule has 0 unspecified atom stereocenters. The van der Waals surface area contributed by atoms with Crippen LogP contribution in [0.25, 0.3) is 0 Å². The smallest absolute Gasteiger partial charge is 0.396 e. The van der Waals surface area contributed by atoms with Crippen LogP contribution in [0.2, 0.25) is 0 Å². The molecule has 0 rings (SSSR count). The van der Waals surface area contributed by atoms with E-state index in [-0.39, 0.29) is 17.1 Å². The predicted octanol–water partition coefficient (Wildman–Crippen LogP) is -1.97. The molecule has 0 spiro atoms. The van der Waals surface area contributed by atoms with Crippen molar-refractivity contribution < 1.29 is 40.8 Å². The summed E-state index contributed by atoms with van der Waals surface area (Å²) in [6, 6.07) is 0. The zero-order chi connectivity index (χ0) is 6.50. The molecule has 0 fully saturated rings. The van der Waals surface area contributed by atoms with Crippen LogP contribution in [0.15, 0.2) is 0 Å². The maximum Gasteiger partial charge on any atom is 0.466 e. The average Bonchev–Trinajstić information content (AvgIpc) is 1.36. The van der Waals surface area contributed by atoms with Crippen LogP contribution >= 0.6 is 7.82 Å². The van der Waals surface area contributed by atoms with Crippen molar-refractivity contribution in [1.82, 2.24) is 0 Å². The third-order valence-corrected chi connectivity index (χ3v) is 0. The molecule has 0 amide bonds. The summed E-state index contributed by atoms with van der Waals surface area (Å²) in [5, 5.41) is 0. The Bertz CT molecular complexity index is 68.2. The van der Waals surface area contributed by atoms with E-state index in [2.05, 4.69) is 0 Å². The second-order valence-corrected chi connectivity index (χ2v) is 1.54. The van der Waals surface area contributed by atoms with Crippen LogP contribution in [0.1, 0.15) is 0 Å². The molecule has 8 heavy (non-hydrogen) atoms. The fourth-order valence-corrected chi connectivity index (χ4v) is 0. The van der Waals surface area contributed by atoms with E-state index in [0.717, 1.165) is 0 Å². The summed E-state index contributed by atoms with van der Waals surface area (Å²) < 4.78 is 17.2. The van der Waals surface area contributed by atoms with Gasteiger partial charge in [-0.15, -0.1) is 0 Å². The second kappa shape index (κ2) is 7.65. The van der Waals surface area contributed by atoms with Gasteiger partial charge in [0.2, 0.25) is 10.1 Å². The van der Waals surface area contributed by atoms with Gasteiger partial charge in [-0.05, 0) is 0 Å². The zero-order valence-electron chi connectivity index (χ0n) is 3.69. The van der Waals surface area contributed by atoms with Gasteiger partial charge in [0.25, 0.3) is 0 Å². The summed E-state index contributed by atoms with van der Waals surface area (Å²) in [6.07, 6.45) is 0. The average molecular weight is 199 g/mol. The summed E-state index contributed by atoms with van der Waals surface area (Å²) >= 11 is 0. The van der Waals surface area contributed by atoms with Gasteiger partial charge >= 0.3 is 7.82 Å². The third kappa shape index (κ3) is 507. The van der Waals surface area contributed by atoms with Crippen LogP contribution in [-0.4, -0.2) is 24.8 Å². The van der Waals surface area contributed by atoms with Gasteiger partial charge < -0.3 is 19.1 Å². The van der Waals surface area contributed by atoms with Crippen LogP contribution in [0.4, 0.5) is 0 Å². The molecule has 0 bridgehead atoms. The summed E-state index contributed by atoms with van der Waals surface area (Å²) in [5.41, 5.74) is 0. The second-order valence-electron chi connectivity index (χ2n) is 0.513. The van der Waals surface area contributed by atoms with E-state index >= 15 is 0 Å². The molecule has 0 heterocycles. The number of hydrogen-bond donors (Lipinski definition) is 3. The molecule has 0 saturated heterocycles. The van der Waals surface area contributed by atoms with Crippen molar-refractivity contribution in [2.75, 3.05) is 0 Å². The van der Waals surface area contributed by atoms with Crippen molar-refractivity contribution in [1.29, 1.82) is 0 Å². The molecule has 0 saturated carbocycles. The molecule has 0 atom stereocenters. The first-order chi connectivity index (χ1) is 3.00.